The molecule has 2 aliphatic rings. The molecular formula is C18H26Cl2Zr. The Labute approximate surface area is 154 Å². The molecule has 3 heteroatoms. The van der Waals surface area contributed by atoms with Crippen LogP contribution < -0.4 is 24.8 Å². The van der Waals surface area contributed by atoms with Gasteiger partial charge in [-0.3, -0.25) is 0 Å². The van der Waals surface area contributed by atoms with Crippen LogP contribution in [-0.4, -0.2) is 0 Å². The molecule has 0 saturated heterocycles. The predicted octanol–water partition coefficient (Wildman–Crippen LogP) is 0.0267. The molecule has 0 aromatic heterocycles. The Morgan fingerprint density at radius 1 is 0.810 bits per heavy atom. The van der Waals surface area contributed by atoms with Crippen molar-refractivity contribution < 1.29 is 48.0 Å². The molecule has 0 amide bonds. The van der Waals surface area contributed by atoms with E-state index in [2.05, 4.69) is 64.2 Å². The molecule has 0 N–H and O–H groups in total. The first-order valence-electron chi connectivity index (χ1n) is 7.61. The van der Waals surface area contributed by atoms with Crippen LogP contribution in [0.5, 0.6) is 0 Å². The smallest absolute Gasteiger partial charge is 1.00 e. The van der Waals surface area contributed by atoms with E-state index in [1.165, 1.54) is 25.7 Å². The molecule has 0 aromatic carbocycles. The van der Waals surface area contributed by atoms with Crippen molar-refractivity contribution >= 4 is 0 Å². The van der Waals surface area contributed by atoms with Gasteiger partial charge in [-0.1, -0.05) is 0 Å². The molecule has 2 aliphatic carbocycles. The average Bonchev–Trinajstić information content (AvgIpc) is 2.87. The van der Waals surface area contributed by atoms with E-state index in [0.717, 1.165) is 0 Å². The van der Waals surface area contributed by atoms with Gasteiger partial charge in [0, 0.05) is 0 Å². The summed E-state index contributed by atoms with van der Waals surface area (Å²) in [5.74, 6) is 0. The molecule has 0 saturated carbocycles. The van der Waals surface area contributed by atoms with Crippen molar-refractivity contribution in [1.29, 1.82) is 0 Å². The first-order valence-corrected chi connectivity index (χ1v) is 10.1. The van der Waals surface area contributed by atoms with Crippen molar-refractivity contribution in [2.24, 2.45) is 0 Å². The Bertz CT molecular complexity index is 420. The molecule has 0 bridgehead atoms. The third-order valence-corrected chi connectivity index (χ3v) is 10.8. The minimum atomic E-state index is -0.618. The zero-order valence-electron chi connectivity index (χ0n) is 13.5. The zero-order chi connectivity index (χ0) is 13.9. The van der Waals surface area contributed by atoms with Gasteiger partial charge in [0.25, 0.3) is 0 Å². The first kappa shape index (κ1) is 21.4. The summed E-state index contributed by atoms with van der Waals surface area (Å²) in [6.07, 6.45) is 19.7. The second kappa shape index (κ2) is 8.90. The van der Waals surface area contributed by atoms with Crippen molar-refractivity contribution in [1.82, 2.24) is 0 Å². The molecule has 0 aromatic rings. The van der Waals surface area contributed by atoms with Crippen molar-refractivity contribution in [3.05, 3.63) is 47.6 Å². The van der Waals surface area contributed by atoms with E-state index in [9.17, 15) is 0 Å². The summed E-state index contributed by atoms with van der Waals surface area (Å²) < 4.78 is 0.939. The molecule has 2 atom stereocenters. The Morgan fingerprint density at radius 2 is 1.19 bits per heavy atom. The summed E-state index contributed by atoms with van der Waals surface area (Å²) in [7, 11) is 0. The maximum atomic E-state index is 2.54. The minimum Gasteiger partial charge on any atom is -1.00 e. The maximum Gasteiger partial charge on any atom is -1.00 e. The van der Waals surface area contributed by atoms with Gasteiger partial charge in [-0.2, -0.15) is 0 Å². The molecule has 0 radical (unpaired) electrons. The summed E-state index contributed by atoms with van der Waals surface area (Å²) in [4.78, 5) is 0. The van der Waals surface area contributed by atoms with Gasteiger partial charge in [-0.05, 0) is 0 Å². The fourth-order valence-corrected chi connectivity index (χ4v) is 9.49. The van der Waals surface area contributed by atoms with E-state index in [-0.39, 0.29) is 24.8 Å². The second-order valence-corrected chi connectivity index (χ2v) is 11.0. The van der Waals surface area contributed by atoms with E-state index in [1.54, 1.807) is 11.1 Å². The normalized spacial score (nSPS) is 29.3. The topological polar surface area (TPSA) is 0 Å². The maximum absolute atomic E-state index is 2.54. The molecule has 0 nitrogen and oxygen atoms in total. The van der Waals surface area contributed by atoms with Gasteiger partial charge in [0.1, 0.15) is 0 Å². The fourth-order valence-electron chi connectivity index (χ4n) is 3.43. The monoisotopic (exact) mass is 402 g/mol. The quantitative estimate of drug-likeness (QED) is 0.586. The Balaban J connectivity index is 0.00000200. The van der Waals surface area contributed by atoms with Gasteiger partial charge in [0.15, 0.2) is 0 Å². The Hall–Kier alpha value is 0.423. The van der Waals surface area contributed by atoms with Crippen molar-refractivity contribution in [2.45, 2.75) is 59.6 Å². The van der Waals surface area contributed by atoms with Gasteiger partial charge in [0.2, 0.25) is 0 Å². The largest absolute Gasteiger partial charge is 1.00 e. The molecule has 116 valence electrons. The van der Waals surface area contributed by atoms with Crippen LogP contribution in [0.3, 0.4) is 0 Å². The molecule has 0 spiro atoms. The van der Waals surface area contributed by atoms with Crippen LogP contribution in [0.25, 0.3) is 0 Å². The van der Waals surface area contributed by atoms with Crippen LogP contribution in [0.4, 0.5) is 0 Å². The molecule has 2 rings (SSSR count). The zero-order valence-corrected chi connectivity index (χ0v) is 17.5. The van der Waals surface area contributed by atoms with Crippen molar-refractivity contribution in [3.8, 4) is 0 Å². The number of rotatable bonds is 6. The van der Waals surface area contributed by atoms with E-state index in [1.807, 2.05) is 0 Å². The standard InChI is InChI=1S/2C9H13.2ClH.Zr/c2*1-3-5-9-7-4-6-8(9)2;;;/h2*4,6-7H,3,5H2,1-2H3;2*1H;/q;;;;+2/p-2. The summed E-state index contributed by atoms with van der Waals surface area (Å²) >= 11 is -0.618. The van der Waals surface area contributed by atoms with Crippen LogP contribution >= 0.6 is 0 Å². The van der Waals surface area contributed by atoms with Crippen LogP contribution in [0.15, 0.2) is 47.6 Å². The van der Waals surface area contributed by atoms with E-state index in [4.69, 9.17) is 0 Å². The number of hydrogen-bond acceptors (Lipinski definition) is 0. The summed E-state index contributed by atoms with van der Waals surface area (Å²) in [5, 5.41) is 0. The third kappa shape index (κ3) is 4.24. The van der Waals surface area contributed by atoms with E-state index < -0.39 is 23.2 Å². The SMILES string of the molecule is CCC[C]1([Zr+2][C]2(CCC)C=CC=C2C)C=CC=C1C.[Cl-].[Cl-]. The number of hydrogen-bond donors (Lipinski definition) is 0. The minimum absolute atomic E-state index is 0. The summed E-state index contributed by atoms with van der Waals surface area (Å²) in [6.45, 7) is 9.38. The summed E-state index contributed by atoms with van der Waals surface area (Å²) in [6, 6.07) is 0. The van der Waals surface area contributed by atoms with Gasteiger partial charge in [0.05, 0.1) is 0 Å². The molecule has 0 fully saturated rings. The third-order valence-electron chi connectivity index (χ3n) is 4.60. The van der Waals surface area contributed by atoms with Gasteiger partial charge in [-0.15, -0.1) is 0 Å². The predicted molar refractivity (Wildman–Crippen MR) is 81.0 cm³/mol. The van der Waals surface area contributed by atoms with Gasteiger partial charge >= 0.3 is 130 Å². The Kier molecular flexibility index (Phi) is 9.08. The van der Waals surface area contributed by atoms with Crippen molar-refractivity contribution in [2.75, 3.05) is 0 Å². The molecule has 0 heterocycles. The average molecular weight is 405 g/mol. The second-order valence-electron chi connectivity index (χ2n) is 5.99. The number of allylic oxidation sites excluding steroid dienone is 8. The van der Waals surface area contributed by atoms with Crippen LogP contribution in [-0.2, 0) is 23.2 Å². The van der Waals surface area contributed by atoms with Crippen LogP contribution in [0.2, 0.25) is 6.25 Å². The Morgan fingerprint density at radius 3 is 1.43 bits per heavy atom. The van der Waals surface area contributed by atoms with Gasteiger partial charge in [-0.25, -0.2) is 0 Å². The molecule has 2 unspecified atom stereocenters. The first-order chi connectivity index (χ1) is 9.08. The van der Waals surface area contributed by atoms with Crippen LogP contribution in [0, 0.1) is 0 Å². The summed E-state index contributed by atoms with van der Waals surface area (Å²) in [5.41, 5.74) is 3.26. The molecule has 21 heavy (non-hydrogen) atoms. The molecular weight excluding hydrogens is 378 g/mol. The van der Waals surface area contributed by atoms with E-state index >= 15 is 0 Å². The number of halogens is 2. The van der Waals surface area contributed by atoms with E-state index in [0.29, 0.717) is 6.25 Å². The van der Waals surface area contributed by atoms with Gasteiger partial charge < -0.3 is 24.8 Å². The fraction of sp³-hybridized carbons (Fsp3) is 0.556. The van der Waals surface area contributed by atoms with Crippen molar-refractivity contribution in [3.63, 3.8) is 0 Å². The van der Waals surface area contributed by atoms with Crippen LogP contribution in [0.1, 0.15) is 53.4 Å². The molecule has 0 aliphatic heterocycles.